The SMILES string of the molecule is CC1CCN(C(=O)Nc2ccc3[nH]ccc3c2)CC1O. The van der Waals surface area contributed by atoms with Crippen molar-refractivity contribution in [1.29, 1.82) is 0 Å². The summed E-state index contributed by atoms with van der Waals surface area (Å²) in [6.07, 6.45) is 2.28. The fourth-order valence-corrected chi connectivity index (χ4v) is 2.57. The first-order chi connectivity index (χ1) is 9.63. The van der Waals surface area contributed by atoms with Gasteiger partial charge in [-0.25, -0.2) is 4.79 Å². The van der Waals surface area contributed by atoms with Crippen LogP contribution in [0.4, 0.5) is 10.5 Å². The van der Waals surface area contributed by atoms with Crippen molar-refractivity contribution in [2.45, 2.75) is 19.4 Å². The molecule has 3 N–H and O–H groups in total. The minimum Gasteiger partial charge on any atom is -0.391 e. The molecular weight excluding hydrogens is 254 g/mol. The van der Waals surface area contributed by atoms with Crippen LogP contribution in [0.5, 0.6) is 0 Å². The number of fused-ring (bicyclic) bond motifs is 1. The van der Waals surface area contributed by atoms with Gasteiger partial charge in [0.15, 0.2) is 0 Å². The van der Waals surface area contributed by atoms with Gasteiger partial charge in [0.2, 0.25) is 0 Å². The molecule has 2 atom stereocenters. The van der Waals surface area contributed by atoms with Gasteiger partial charge in [0.25, 0.3) is 0 Å². The summed E-state index contributed by atoms with van der Waals surface area (Å²) in [5.74, 6) is 0.259. The number of aromatic nitrogens is 1. The number of anilines is 1. The van der Waals surface area contributed by atoms with E-state index in [1.807, 2.05) is 37.4 Å². The Hall–Kier alpha value is -2.01. The second kappa shape index (κ2) is 5.17. The van der Waals surface area contributed by atoms with Crippen LogP contribution in [0.1, 0.15) is 13.3 Å². The molecular formula is C15H19N3O2. The minimum absolute atomic E-state index is 0.147. The van der Waals surface area contributed by atoms with Crippen LogP contribution in [0.3, 0.4) is 0 Å². The highest BCUT2D eigenvalue weighted by Gasteiger charge is 2.27. The number of nitrogens with one attached hydrogen (secondary N) is 2. The van der Waals surface area contributed by atoms with Gasteiger partial charge in [0, 0.05) is 35.9 Å². The van der Waals surface area contributed by atoms with E-state index in [-0.39, 0.29) is 11.9 Å². The summed E-state index contributed by atoms with van der Waals surface area (Å²) in [6, 6.07) is 7.58. The van der Waals surface area contributed by atoms with Crippen molar-refractivity contribution in [1.82, 2.24) is 9.88 Å². The molecule has 2 unspecified atom stereocenters. The molecule has 5 heteroatoms. The number of likely N-dealkylation sites (tertiary alicyclic amines) is 1. The number of urea groups is 1. The highest BCUT2D eigenvalue weighted by molar-refractivity contribution is 5.92. The number of H-pyrrole nitrogens is 1. The zero-order valence-electron chi connectivity index (χ0n) is 11.5. The van der Waals surface area contributed by atoms with Crippen LogP contribution in [0.15, 0.2) is 30.5 Å². The molecule has 2 amide bonds. The van der Waals surface area contributed by atoms with E-state index in [9.17, 15) is 9.90 Å². The fourth-order valence-electron chi connectivity index (χ4n) is 2.57. The molecule has 1 aromatic carbocycles. The van der Waals surface area contributed by atoms with E-state index >= 15 is 0 Å². The topological polar surface area (TPSA) is 68.4 Å². The molecule has 1 saturated heterocycles. The molecule has 1 fully saturated rings. The van der Waals surface area contributed by atoms with Crippen LogP contribution in [-0.4, -0.2) is 40.2 Å². The van der Waals surface area contributed by atoms with Gasteiger partial charge in [-0.05, 0) is 36.6 Å². The van der Waals surface area contributed by atoms with E-state index < -0.39 is 6.10 Å². The van der Waals surface area contributed by atoms with Gasteiger partial charge in [-0.3, -0.25) is 0 Å². The van der Waals surface area contributed by atoms with Crippen molar-refractivity contribution < 1.29 is 9.90 Å². The third-order valence-electron chi connectivity index (χ3n) is 4.01. The number of amides is 2. The summed E-state index contributed by atoms with van der Waals surface area (Å²) in [5, 5.41) is 13.8. The number of hydrogen-bond donors (Lipinski definition) is 3. The lowest BCUT2D eigenvalue weighted by Crippen LogP contribution is -2.47. The molecule has 106 valence electrons. The van der Waals surface area contributed by atoms with Crippen molar-refractivity contribution in [3.8, 4) is 0 Å². The summed E-state index contributed by atoms with van der Waals surface area (Å²) in [5.41, 5.74) is 1.82. The number of aliphatic hydroxyl groups excluding tert-OH is 1. The molecule has 5 nitrogen and oxygen atoms in total. The first-order valence-electron chi connectivity index (χ1n) is 6.94. The van der Waals surface area contributed by atoms with Gasteiger partial charge in [-0.1, -0.05) is 6.92 Å². The molecule has 1 aliphatic heterocycles. The summed E-state index contributed by atoms with van der Waals surface area (Å²) in [6.45, 7) is 3.11. The predicted molar refractivity (Wildman–Crippen MR) is 78.7 cm³/mol. The van der Waals surface area contributed by atoms with Crippen molar-refractivity contribution in [2.75, 3.05) is 18.4 Å². The summed E-state index contributed by atoms with van der Waals surface area (Å²) < 4.78 is 0. The van der Waals surface area contributed by atoms with Crippen molar-refractivity contribution in [3.63, 3.8) is 0 Å². The third-order valence-corrected chi connectivity index (χ3v) is 4.01. The summed E-state index contributed by atoms with van der Waals surface area (Å²) in [7, 11) is 0. The average Bonchev–Trinajstić information content (AvgIpc) is 2.89. The largest absolute Gasteiger partial charge is 0.391 e. The van der Waals surface area contributed by atoms with Gasteiger partial charge < -0.3 is 20.3 Å². The standard InChI is InChI=1S/C15H19N3O2/c1-10-5-7-18(9-14(10)19)15(20)17-12-2-3-13-11(8-12)4-6-16-13/h2-4,6,8,10,14,16,19H,5,7,9H2,1H3,(H,17,20). The Morgan fingerprint density at radius 2 is 2.30 bits per heavy atom. The lowest BCUT2D eigenvalue weighted by molar-refractivity contribution is 0.0464. The maximum absolute atomic E-state index is 12.2. The second-order valence-electron chi connectivity index (χ2n) is 5.49. The van der Waals surface area contributed by atoms with Crippen molar-refractivity contribution >= 4 is 22.6 Å². The Kier molecular flexibility index (Phi) is 3.36. The molecule has 0 bridgehead atoms. The molecule has 0 saturated carbocycles. The normalized spacial score (nSPS) is 23.0. The highest BCUT2D eigenvalue weighted by Crippen LogP contribution is 2.20. The first kappa shape index (κ1) is 13.0. The molecule has 2 heterocycles. The Labute approximate surface area is 117 Å². The number of benzene rings is 1. The number of nitrogens with zero attached hydrogens (tertiary/aromatic N) is 1. The molecule has 1 aliphatic rings. The number of aliphatic hydroxyl groups is 1. The smallest absolute Gasteiger partial charge is 0.321 e. The van der Waals surface area contributed by atoms with Gasteiger partial charge >= 0.3 is 6.03 Å². The van der Waals surface area contributed by atoms with Gasteiger partial charge in [0.05, 0.1) is 6.10 Å². The van der Waals surface area contributed by atoms with E-state index in [0.29, 0.717) is 13.1 Å². The zero-order chi connectivity index (χ0) is 14.1. The van der Waals surface area contributed by atoms with Crippen molar-refractivity contribution in [3.05, 3.63) is 30.5 Å². The Morgan fingerprint density at radius 1 is 1.45 bits per heavy atom. The predicted octanol–water partition coefficient (Wildman–Crippen LogP) is 2.40. The van der Waals surface area contributed by atoms with Crippen LogP contribution >= 0.6 is 0 Å². The lowest BCUT2D eigenvalue weighted by Gasteiger charge is -2.34. The molecule has 20 heavy (non-hydrogen) atoms. The van der Waals surface area contributed by atoms with E-state index in [2.05, 4.69) is 10.3 Å². The first-order valence-corrected chi connectivity index (χ1v) is 6.94. The third kappa shape index (κ3) is 2.49. The maximum atomic E-state index is 12.2. The number of carbonyl (C=O) groups is 1. The molecule has 0 spiro atoms. The molecule has 3 rings (SSSR count). The van der Waals surface area contributed by atoms with Crippen LogP contribution in [0.25, 0.3) is 10.9 Å². The van der Waals surface area contributed by atoms with Gasteiger partial charge in [-0.15, -0.1) is 0 Å². The van der Waals surface area contributed by atoms with Crippen molar-refractivity contribution in [2.24, 2.45) is 5.92 Å². The molecule has 1 aromatic heterocycles. The van der Waals surface area contributed by atoms with E-state index in [0.717, 1.165) is 23.0 Å². The number of β-amino-alcohol motifs (C(OH)–C–C–N with tert-alkyl or cyclic N) is 1. The second-order valence-corrected chi connectivity index (χ2v) is 5.49. The number of carbonyl (C=O) groups excluding carboxylic acids is 1. The van der Waals surface area contributed by atoms with E-state index in [4.69, 9.17) is 0 Å². The average molecular weight is 273 g/mol. The number of hydrogen-bond acceptors (Lipinski definition) is 2. The Morgan fingerprint density at radius 3 is 3.10 bits per heavy atom. The minimum atomic E-state index is -0.429. The molecule has 2 aromatic rings. The zero-order valence-corrected chi connectivity index (χ0v) is 11.5. The van der Waals surface area contributed by atoms with E-state index in [1.54, 1.807) is 4.90 Å². The van der Waals surface area contributed by atoms with Crippen LogP contribution < -0.4 is 5.32 Å². The Balaban J connectivity index is 1.69. The Bertz CT molecular complexity index is 622. The molecule has 0 aliphatic carbocycles. The van der Waals surface area contributed by atoms with Gasteiger partial charge in [0.1, 0.15) is 0 Å². The maximum Gasteiger partial charge on any atom is 0.321 e. The van der Waals surface area contributed by atoms with Crippen LogP contribution in [0, 0.1) is 5.92 Å². The summed E-state index contributed by atoms with van der Waals surface area (Å²) in [4.78, 5) is 17.0. The van der Waals surface area contributed by atoms with E-state index in [1.165, 1.54) is 0 Å². The molecule has 0 radical (unpaired) electrons. The number of piperidine rings is 1. The number of aromatic amines is 1. The van der Waals surface area contributed by atoms with Gasteiger partial charge in [-0.2, -0.15) is 0 Å². The quantitative estimate of drug-likeness (QED) is 0.747. The lowest BCUT2D eigenvalue weighted by atomic mass is 9.96. The highest BCUT2D eigenvalue weighted by atomic mass is 16.3. The number of rotatable bonds is 1. The fraction of sp³-hybridized carbons (Fsp3) is 0.400. The summed E-state index contributed by atoms with van der Waals surface area (Å²) >= 11 is 0. The van der Waals surface area contributed by atoms with Crippen LogP contribution in [0.2, 0.25) is 0 Å². The van der Waals surface area contributed by atoms with Crippen LogP contribution in [-0.2, 0) is 0 Å². The monoisotopic (exact) mass is 273 g/mol.